The predicted octanol–water partition coefficient (Wildman–Crippen LogP) is 3.57. The third-order valence-electron chi connectivity index (χ3n) is 1.66. The first kappa shape index (κ1) is 14.7. The quantitative estimate of drug-likeness (QED) is 0.789. The molecule has 0 unspecified atom stereocenters. The van der Waals surface area contributed by atoms with Crippen molar-refractivity contribution in [3.05, 3.63) is 34.1 Å². The summed E-state index contributed by atoms with van der Waals surface area (Å²) >= 11 is 2.82. The van der Waals surface area contributed by atoms with E-state index >= 15 is 0 Å². The van der Waals surface area contributed by atoms with Crippen LogP contribution in [-0.2, 0) is 0 Å². The minimum Gasteiger partial charge on any atom is -0.316 e. The highest BCUT2D eigenvalue weighted by Gasteiger charge is 2.40. The lowest BCUT2D eigenvalue weighted by molar-refractivity contribution is -0.149. The average molecular weight is 308 g/mol. The number of benzene rings is 1. The molecule has 0 aliphatic rings. The highest BCUT2D eigenvalue weighted by molar-refractivity contribution is 9.10. The fourth-order valence-electron chi connectivity index (χ4n) is 0.971. The van der Waals surface area contributed by atoms with E-state index in [1.54, 1.807) is 0 Å². The zero-order valence-electron chi connectivity index (χ0n) is 7.18. The lowest BCUT2D eigenvalue weighted by atomic mass is 10.1. The van der Waals surface area contributed by atoms with Gasteiger partial charge < -0.3 is 5.73 Å². The first-order valence-corrected chi connectivity index (χ1v) is 4.39. The van der Waals surface area contributed by atoms with Crippen LogP contribution in [-0.4, -0.2) is 6.18 Å². The van der Waals surface area contributed by atoms with Gasteiger partial charge in [-0.3, -0.25) is 0 Å². The van der Waals surface area contributed by atoms with Gasteiger partial charge in [0.05, 0.1) is 0 Å². The fraction of sp³-hybridized carbons (Fsp3) is 0.250. The van der Waals surface area contributed by atoms with Gasteiger partial charge in [-0.2, -0.15) is 13.2 Å². The molecular formula is C8H7BrClF4N. The maximum Gasteiger partial charge on any atom is 0.407 e. The number of hydrogen-bond donors (Lipinski definition) is 1. The van der Waals surface area contributed by atoms with Gasteiger partial charge in [-0.25, -0.2) is 4.39 Å². The highest BCUT2D eigenvalue weighted by atomic mass is 79.9. The van der Waals surface area contributed by atoms with E-state index in [0.29, 0.717) is 0 Å². The van der Waals surface area contributed by atoms with Gasteiger partial charge in [-0.15, -0.1) is 12.4 Å². The zero-order chi connectivity index (χ0) is 10.9. The molecule has 0 saturated heterocycles. The molecule has 15 heavy (non-hydrogen) atoms. The van der Waals surface area contributed by atoms with Crippen LogP contribution in [0.25, 0.3) is 0 Å². The lowest BCUT2D eigenvalue weighted by Gasteiger charge is -2.17. The molecule has 1 nitrogen and oxygen atoms in total. The Bertz CT molecular complexity index is 322. The lowest BCUT2D eigenvalue weighted by Crippen LogP contribution is -2.29. The monoisotopic (exact) mass is 307 g/mol. The molecule has 1 aromatic rings. The molecule has 86 valence electrons. The van der Waals surface area contributed by atoms with Crippen LogP contribution in [0.4, 0.5) is 17.6 Å². The van der Waals surface area contributed by atoms with Gasteiger partial charge in [0.2, 0.25) is 0 Å². The summed E-state index contributed by atoms with van der Waals surface area (Å²) < 4.78 is 49.6. The van der Waals surface area contributed by atoms with Crippen LogP contribution < -0.4 is 5.73 Å². The molecule has 0 bridgehead atoms. The van der Waals surface area contributed by atoms with Crippen molar-refractivity contribution in [2.24, 2.45) is 5.73 Å². The molecule has 1 rings (SSSR count). The number of rotatable bonds is 1. The van der Waals surface area contributed by atoms with E-state index in [-0.39, 0.29) is 16.9 Å². The molecule has 0 radical (unpaired) electrons. The van der Waals surface area contributed by atoms with E-state index < -0.39 is 23.6 Å². The van der Waals surface area contributed by atoms with Gasteiger partial charge in [0, 0.05) is 10.0 Å². The Morgan fingerprint density at radius 2 is 1.80 bits per heavy atom. The van der Waals surface area contributed by atoms with Gasteiger partial charge in [-0.1, -0.05) is 22.0 Å². The van der Waals surface area contributed by atoms with E-state index in [9.17, 15) is 17.6 Å². The van der Waals surface area contributed by atoms with Crippen LogP contribution in [0.5, 0.6) is 0 Å². The Kier molecular flexibility index (Phi) is 5.02. The minimum atomic E-state index is -4.65. The number of halogens is 6. The number of nitrogens with two attached hydrogens (primary N) is 1. The summed E-state index contributed by atoms with van der Waals surface area (Å²) in [5.74, 6) is -0.968. The van der Waals surface area contributed by atoms with E-state index in [2.05, 4.69) is 15.9 Å². The van der Waals surface area contributed by atoms with Crippen LogP contribution in [0.15, 0.2) is 22.7 Å². The second kappa shape index (κ2) is 5.14. The molecule has 0 saturated carbocycles. The van der Waals surface area contributed by atoms with Gasteiger partial charge in [0.1, 0.15) is 11.9 Å². The third kappa shape index (κ3) is 3.32. The largest absolute Gasteiger partial charge is 0.407 e. The molecule has 0 fully saturated rings. The molecule has 2 N–H and O–H groups in total. The Labute approximate surface area is 98.2 Å². The number of alkyl halides is 3. The summed E-state index contributed by atoms with van der Waals surface area (Å²) in [4.78, 5) is 0. The van der Waals surface area contributed by atoms with Gasteiger partial charge in [0.25, 0.3) is 0 Å². The van der Waals surface area contributed by atoms with E-state index in [1.165, 1.54) is 12.1 Å². The van der Waals surface area contributed by atoms with Gasteiger partial charge in [0.15, 0.2) is 0 Å². The van der Waals surface area contributed by atoms with Crippen molar-refractivity contribution in [2.45, 2.75) is 12.2 Å². The summed E-state index contributed by atoms with van der Waals surface area (Å²) in [6.07, 6.45) is -4.65. The van der Waals surface area contributed by atoms with Crippen molar-refractivity contribution in [2.75, 3.05) is 0 Å². The molecule has 0 heterocycles. The highest BCUT2D eigenvalue weighted by Crippen LogP contribution is 2.35. The normalized spacial score (nSPS) is 13.2. The first-order chi connectivity index (χ1) is 6.34. The van der Waals surface area contributed by atoms with Crippen LogP contribution >= 0.6 is 28.3 Å². The molecule has 0 amide bonds. The molecule has 0 aliphatic carbocycles. The van der Waals surface area contributed by atoms with Gasteiger partial charge in [-0.05, 0) is 12.1 Å². The van der Waals surface area contributed by atoms with E-state index in [4.69, 9.17) is 5.73 Å². The second-order valence-corrected chi connectivity index (χ2v) is 3.51. The van der Waals surface area contributed by atoms with Crippen LogP contribution in [0.3, 0.4) is 0 Å². The Morgan fingerprint density at radius 3 is 2.20 bits per heavy atom. The van der Waals surface area contributed by atoms with E-state index in [1.807, 2.05) is 0 Å². The average Bonchev–Trinajstić information content (AvgIpc) is 2.01. The van der Waals surface area contributed by atoms with Crippen molar-refractivity contribution < 1.29 is 17.6 Å². The molecule has 0 spiro atoms. The van der Waals surface area contributed by atoms with Crippen molar-refractivity contribution in [1.82, 2.24) is 0 Å². The molecule has 0 aliphatic heterocycles. The maximum absolute atomic E-state index is 13.0. The van der Waals surface area contributed by atoms with Gasteiger partial charge >= 0.3 is 6.18 Å². The smallest absolute Gasteiger partial charge is 0.316 e. The van der Waals surface area contributed by atoms with Crippen molar-refractivity contribution in [3.63, 3.8) is 0 Å². The minimum absolute atomic E-state index is 0. The third-order valence-corrected chi connectivity index (χ3v) is 2.35. The standard InChI is InChI=1S/C8H6BrF4N.ClH/c9-4-2-1-3-5(10)6(4)7(14)8(11,12)13;/h1-3,7H,14H2;1H/t7-;/m0./s1. The van der Waals surface area contributed by atoms with Crippen LogP contribution in [0.2, 0.25) is 0 Å². The SMILES string of the molecule is Cl.N[C@@H](c1c(F)cccc1Br)C(F)(F)F. The first-order valence-electron chi connectivity index (χ1n) is 3.60. The van der Waals surface area contributed by atoms with Crippen molar-refractivity contribution in [1.29, 1.82) is 0 Å². The zero-order valence-corrected chi connectivity index (χ0v) is 9.59. The summed E-state index contributed by atoms with van der Waals surface area (Å²) in [7, 11) is 0. The maximum atomic E-state index is 13.0. The Hall–Kier alpha value is -0.330. The molecule has 1 aromatic carbocycles. The Balaban J connectivity index is 0.00000196. The molecular weight excluding hydrogens is 301 g/mol. The van der Waals surface area contributed by atoms with Crippen molar-refractivity contribution >= 4 is 28.3 Å². The Morgan fingerprint density at radius 1 is 1.27 bits per heavy atom. The number of hydrogen-bond acceptors (Lipinski definition) is 1. The summed E-state index contributed by atoms with van der Waals surface area (Å²) in [6.45, 7) is 0. The molecule has 0 aromatic heterocycles. The van der Waals surface area contributed by atoms with Crippen LogP contribution in [0, 0.1) is 5.82 Å². The summed E-state index contributed by atoms with van der Waals surface area (Å²) in [6, 6.07) is 1.24. The summed E-state index contributed by atoms with van der Waals surface area (Å²) in [5, 5.41) is 0. The topological polar surface area (TPSA) is 26.0 Å². The van der Waals surface area contributed by atoms with Crippen molar-refractivity contribution in [3.8, 4) is 0 Å². The summed E-state index contributed by atoms with van der Waals surface area (Å²) in [5.41, 5.74) is 4.31. The molecule has 7 heteroatoms. The fourth-order valence-corrected chi connectivity index (χ4v) is 1.56. The van der Waals surface area contributed by atoms with E-state index in [0.717, 1.165) is 6.07 Å². The predicted molar refractivity (Wildman–Crippen MR) is 54.3 cm³/mol. The molecule has 1 atom stereocenters. The second-order valence-electron chi connectivity index (χ2n) is 2.65. The van der Waals surface area contributed by atoms with Crippen LogP contribution in [0.1, 0.15) is 11.6 Å².